The molecule has 0 aromatic carbocycles. The Bertz CT molecular complexity index is 742. The van der Waals surface area contributed by atoms with Crippen molar-refractivity contribution in [1.29, 1.82) is 0 Å². The van der Waals surface area contributed by atoms with E-state index in [1.807, 2.05) is 20.8 Å². The highest BCUT2D eigenvalue weighted by molar-refractivity contribution is 6.42. The minimum absolute atomic E-state index is 0.103. The molecule has 0 aliphatic rings. The summed E-state index contributed by atoms with van der Waals surface area (Å²) in [6.45, 7) is 6.01. The van der Waals surface area contributed by atoms with Crippen molar-refractivity contribution in [2.75, 3.05) is 11.9 Å². The fraction of sp³-hybridized carbons (Fsp3) is 0.400. The maximum atomic E-state index is 6.31. The minimum Gasteiger partial charge on any atom is -0.474 e. The molecule has 130 valence electrons. The third-order valence-electron chi connectivity index (χ3n) is 3.07. The molecule has 1 atom stereocenters. The molecule has 2 aromatic heterocycles. The van der Waals surface area contributed by atoms with Gasteiger partial charge >= 0.3 is 0 Å². The predicted molar refractivity (Wildman–Crippen MR) is 99.0 cm³/mol. The van der Waals surface area contributed by atoms with Crippen LogP contribution in [0.2, 0.25) is 20.2 Å². The number of anilines is 1. The van der Waals surface area contributed by atoms with Gasteiger partial charge in [0.15, 0.2) is 5.15 Å². The average molecular weight is 410 g/mol. The molecule has 1 unspecified atom stereocenters. The van der Waals surface area contributed by atoms with E-state index in [1.54, 1.807) is 0 Å². The third-order valence-corrected chi connectivity index (χ3v) is 4.42. The van der Waals surface area contributed by atoms with Gasteiger partial charge in [-0.05, 0) is 26.3 Å². The fourth-order valence-electron chi connectivity index (χ4n) is 1.96. The van der Waals surface area contributed by atoms with Crippen LogP contribution in [0.3, 0.4) is 0 Å². The van der Waals surface area contributed by atoms with E-state index in [0.717, 1.165) is 12.1 Å². The number of halogens is 4. The van der Waals surface area contributed by atoms with Crippen molar-refractivity contribution in [1.82, 2.24) is 15.0 Å². The summed E-state index contributed by atoms with van der Waals surface area (Å²) in [4.78, 5) is 12.7. The van der Waals surface area contributed by atoms with Crippen LogP contribution in [0.1, 0.15) is 25.4 Å². The van der Waals surface area contributed by atoms with Gasteiger partial charge in [0.2, 0.25) is 5.88 Å². The lowest BCUT2D eigenvalue weighted by molar-refractivity contribution is 0.292. The average Bonchev–Trinajstić information content (AvgIpc) is 2.52. The first-order valence-corrected chi connectivity index (χ1v) is 8.76. The molecule has 2 heterocycles. The van der Waals surface area contributed by atoms with Gasteiger partial charge < -0.3 is 10.1 Å². The van der Waals surface area contributed by atoms with Crippen molar-refractivity contribution in [2.24, 2.45) is 0 Å². The van der Waals surface area contributed by atoms with E-state index in [4.69, 9.17) is 51.1 Å². The first-order chi connectivity index (χ1) is 11.3. The number of ether oxygens (including phenoxy) is 1. The van der Waals surface area contributed by atoms with E-state index < -0.39 is 0 Å². The molecule has 2 aromatic rings. The van der Waals surface area contributed by atoms with Crippen molar-refractivity contribution in [2.45, 2.75) is 33.2 Å². The monoisotopic (exact) mass is 408 g/mol. The van der Waals surface area contributed by atoms with Gasteiger partial charge in [-0.2, -0.15) is 4.98 Å². The molecule has 0 saturated carbocycles. The van der Waals surface area contributed by atoms with Crippen LogP contribution in [-0.4, -0.2) is 27.6 Å². The standard InChI is InChI=1S/C15H16Cl4N4O/c1-4-11-12(18)14(22-8(3)21-11)20-7(2)6-24-15-10(17)5-9(16)13(19)23-15/h5,7H,4,6H2,1-3H3,(H,20,21,22). The van der Waals surface area contributed by atoms with Gasteiger partial charge in [0.05, 0.1) is 16.8 Å². The Morgan fingerprint density at radius 3 is 2.50 bits per heavy atom. The summed E-state index contributed by atoms with van der Waals surface area (Å²) in [5.74, 6) is 1.45. The van der Waals surface area contributed by atoms with E-state index in [0.29, 0.717) is 21.7 Å². The molecule has 0 aliphatic carbocycles. The van der Waals surface area contributed by atoms with Crippen molar-refractivity contribution in [3.05, 3.63) is 37.8 Å². The summed E-state index contributed by atoms with van der Waals surface area (Å²) in [7, 11) is 0. The second-order valence-electron chi connectivity index (χ2n) is 5.14. The van der Waals surface area contributed by atoms with Crippen LogP contribution in [0, 0.1) is 6.92 Å². The Labute approximate surface area is 160 Å². The van der Waals surface area contributed by atoms with Crippen molar-refractivity contribution in [3.63, 3.8) is 0 Å². The number of pyridine rings is 1. The predicted octanol–water partition coefficient (Wildman–Crippen LogP) is 5.24. The van der Waals surface area contributed by atoms with Gasteiger partial charge in [0.1, 0.15) is 28.3 Å². The molecule has 5 nitrogen and oxygen atoms in total. The van der Waals surface area contributed by atoms with E-state index in [1.165, 1.54) is 6.07 Å². The van der Waals surface area contributed by atoms with E-state index in [-0.39, 0.29) is 28.7 Å². The zero-order valence-corrected chi connectivity index (χ0v) is 16.4. The molecule has 0 aliphatic heterocycles. The number of hydrogen-bond acceptors (Lipinski definition) is 5. The first-order valence-electron chi connectivity index (χ1n) is 7.25. The van der Waals surface area contributed by atoms with Gasteiger partial charge in [0.25, 0.3) is 0 Å². The molecule has 24 heavy (non-hydrogen) atoms. The number of nitrogens with one attached hydrogen (secondary N) is 1. The highest BCUT2D eigenvalue weighted by Gasteiger charge is 2.14. The largest absolute Gasteiger partial charge is 0.474 e. The summed E-state index contributed by atoms with van der Waals surface area (Å²) < 4.78 is 5.60. The van der Waals surface area contributed by atoms with Crippen molar-refractivity contribution >= 4 is 52.2 Å². The van der Waals surface area contributed by atoms with Crippen LogP contribution in [0.4, 0.5) is 5.82 Å². The van der Waals surface area contributed by atoms with Gasteiger partial charge in [-0.15, -0.1) is 0 Å². The Hall–Kier alpha value is -1.01. The van der Waals surface area contributed by atoms with Crippen LogP contribution >= 0.6 is 46.4 Å². The molecular formula is C15H16Cl4N4O. The molecule has 0 radical (unpaired) electrons. The topological polar surface area (TPSA) is 59.9 Å². The number of hydrogen-bond donors (Lipinski definition) is 1. The van der Waals surface area contributed by atoms with Crippen LogP contribution in [0.5, 0.6) is 5.88 Å². The highest BCUT2D eigenvalue weighted by Crippen LogP contribution is 2.30. The lowest BCUT2D eigenvalue weighted by atomic mass is 10.3. The normalized spacial score (nSPS) is 12.1. The molecule has 0 bridgehead atoms. The number of nitrogens with zero attached hydrogens (tertiary/aromatic N) is 3. The number of aromatic nitrogens is 3. The van der Waals surface area contributed by atoms with Gasteiger partial charge in [0, 0.05) is 0 Å². The summed E-state index contributed by atoms with van der Waals surface area (Å²) in [6, 6.07) is 1.39. The summed E-state index contributed by atoms with van der Waals surface area (Å²) >= 11 is 24.1. The Kier molecular flexibility index (Phi) is 6.75. The Balaban J connectivity index is 2.05. The quantitative estimate of drug-likeness (QED) is 0.661. The van der Waals surface area contributed by atoms with Crippen molar-refractivity contribution in [3.8, 4) is 5.88 Å². The minimum atomic E-state index is -0.103. The van der Waals surface area contributed by atoms with Crippen LogP contribution < -0.4 is 10.1 Å². The van der Waals surface area contributed by atoms with Crippen molar-refractivity contribution < 1.29 is 4.74 Å². The molecule has 2 rings (SSSR count). The summed E-state index contributed by atoms with van der Waals surface area (Å²) in [6.07, 6.45) is 0.727. The van der Waals surface area contributed by atoms with Crippen LogP contribution in [0.25, 0.3) is 0 Å². The lowest BCUT2D eigenvalue weighted by Gasteiger charge is -2.17. The number of aryl methyl sites for hydroxylation is 2. The van der Waals surface area contributed by atoms with Gasteiger partial charge in [-0.3, -0.25) is 0 Å². The maximum absolute atomic E-state index is 6.31. The Morgan fingerprint density at radius 2 is 1.83 bits per heavy atom. The molecule has 0 amide bonds. The highest BCUT2D eigenvalue weighted by atomic mass is 35.5. The molecule has 9 heteroatoms. The zero-order chi connectivity index (χ0) is 17.9. The SMILES string of the molecule is CCc1nc(C)nc(NC(C)COc2nc(Cl)c(Cl)cc2Cl)c1Cl. The zero-order valence-electron chi connectivity index (χ0n) is 13.3. The van der Waals surface area contributed by atoms with E-state index >= 15 is 0 Å². The maximum Gasteiger partial charge on any atom is 0.234 e. The van der Waals surface area contributed by atoms with E-state index in [2.05, 4.69) is 20.3 Å². The first kappa shape index (κ1) is 19.3. The van der Waals surface area contributed by atoms with Crippen LogP contribution in [0.15, 0.2) is 6.07 Å². The lowest BCUT2D eigenvalue weighted by Crippen LogP contribution is -2.25. The molecular weight excluding hydrogens is 394 g/mol. The fourth-order valence-corrected chi connectivity index (χ4v) is 2.77. The van der Waals surface area contributed by atoms with Gasteiger partial charge in [-0.1, -0.05) is 53.3 Å². The summed E-state index contributed by atoms with van der Waals surface area (Å²) in [5, 5.41) is 4.42. The van der Waals surface area contributed by atoms with Crippen LogP contribution in [-0.2, 0) is 6.42 Å². The Morgan fingerprint density at radius 1 is 1.12 bits per heavy atom. The number of rotatable bonds is 6. The summed E-state index contributed by atoms with van der Waals surface area (Å²) in [5.41, 5.74) is 0.800. The molecule has 1 N–H and O–H groups in total. The van der Waals surface area contributed by atoms with E-state index in [9.17, 15) is 0 Å². The molecule has 0 saturated heterocycles. The second-order valence-corrected chi connectivity index (χ2v) is 6.69. The van der Waals surface area contributed by atoms with Gasteiger partial charge in [-0.25, -0.2) is 9.97 Å². The smallest absolute Gasteiger partial charge is 0.234 e. The molecule has 0 spiro atoms. The molecule has 0 fully saturated rings. The third kappa shape index (κ3) is 4.76. The second kappa shape index (κ2) is 8.39.